The van der Waals surface area contributed by atoms with E-state index in [0.29, 0.717) is 11.2 Å². The summed E-state index contributed by atoms with van der Waals surface area (Å²) in [6.07, 6.45) is 0. The van der Waals surface area contributed by atoms with Crippen LogP contribution in [-0.4, -0.2) is 39.0 Å². The number of thioether (sulfide) groups is 2. The molecular formula is C12H17N5S3. The average molecular weight is 328 g/mol. The Bertz CT molecular complexity index is 594. The molecule has 1 aliphatic heterocycles. The Hall–Kier alpha value is -0.700. The van der Waals surface area contributed by atoms with E-state index < -0.39 is 0 Å². The molecule has 1 atom stereocenters. The summed E-state index contributed by atoms with van der Waals surface area (Å²) in [6, 6.07) is 2.13. The first-order chi connectivity index (χ1) is 9.76. The van der Waals surface area contributed by atoms with Crippen molar-refractivity contribution >= 4 is 56.8 Å². The molecule has 20 heavy (non-hydrogen) atoms. The molecule has 0 aliphatic carbocycles. The van der Waals surface area contributed by atoms with Gasteiger partial charge in [0.25, 0.3) is 0 Å². The Kier molecular flexibility index (Phi) is 4.54. The molecule has 108 valence electrons. The quantitative estimate of drug-likeness (QED) is 0.588. The molecule has 8 heteroatoms. The number of aromatic nitrogens is 2. The lowest BCUT2D eigenvalue weighted by Crippen LogP contribution is -2.24. The standard InChI is InChI=1S/C12H17N5S3/c1-7-4-9-10(14-5-8-6-18-2-3-19-8)15-12(17-13)16-11(9)20-7/h4,8H,2-3,5-6,13H2,1H3,(H2,14,15,16,17). The van der Waals surface area contributed by atoms with Gasteiger partial charge in [-0.15, -0.1) is 11.3 Å². The minimum Gasteiger partial charge on any atom is -0.368 e. The van der Waals surface area contributed by atoms with Crippen molar-refractivity contribution in [2.24, 2.45) is 5.84 Å². The number of nitrogens with two attached hydrogens (primary N) is 1. The first-order valence-electron chi connectivity index (χ1n) is 6.44. The Morgan fingerprint density at radius 1 is 1.40 bits per heavy atom. The van der Waals surface area contributed by atoms with Crippen molar-refractivity contribution in [3.8, 4) is 0 Å². The number of thiophene rings is 1. The summed E-state index contributed by atoms with van der Waals surface area (Å²) in [5.41, 5.74) is 2.54. The Labute approximate surface area is 130 Å². The SMILES string of the molecule is Cc1cc2c(NCC3CSCCS3)nc(NN)nc2s1. The predicted octanol–water partition coefficient (Wildman–Crippen LogP) is 2.55. The maximum atomic E-state index is 5.45. The maximum absolute atomic E-state index is 5.45. The van der Waals surface area contributed by atoms with Crippen molar-refractivity contribution in [1.82, 2.24) is 9.97 Å². The molecule has 5 nitrogen and oxygen atoms in total. The van der Waals surface area contributed by atoms with E-state index in [1.165, 1.54) is 22.1 Å². The fraction of sp³-hybridized carbons (Fsp3) is 0.500. The highest BCUT2D eigenvalue weighted by Gasteiger charge is 2.16. The third kappa shape index (κ3) is 3.13. The summed E-state index contributed by atoms with van der Waals surface area (Å²) >= 11 is 5.73. The second-order valence-electron chi connectivity index (χ2n) is 4.56. The number of aryl methyl sites for hydroxylation is 1. The van der Waals surface area contributed by atoms with Crippen molar-refractivity contribution in [2.45, 2.75) is 12.2 Å². The molecule has 2 aromatic heterocycles. The van der Waals surface area contributed by atoms with Crippen LogP contribution in [0.1, 0.15) is 4.88 Å². The summed E-state index contributed by atoms with van der Waals surface area (Å²) in [4.78, 5) is 11.0. The van der Waals surface area contributed by atoms with E-state index in [2.05, 4.69) is 33.7 Å². The van der Waals surface area contributed by atoms with Gasteiger partial charge in [-0.05, 0) is 13.0 Å². The Morgan fingerprint density at radius 3 is 3.05 bits per heavy atom. The van der Waals surface area contributed by atoms with Gasteiger partial charge < -0.3 is 5.32 Å². The lowest BCUT2D eigenvalue weighted by atomic mass is 10.3. The van der Waals surface area contributed by atoms with Crippen LogP contribution >= 0.6 is 34.9 Å². The second kappa shape index (κ2) is 6.38. The zero-order valence-electron chi connectivity index (χ0n) is 11.2. The van der Waals surface area contributed by atoms with Crippen molar-refractivity contribution in [2.75, 3.05) is 34.5 Å². The third-order valence-corrected chi connectivity index (χ3v) is 6.82. The summed E-state index contributed by atoms with van der Waals surface area (Å²) < 4.78 is 0. The van der Waals surface area contributed by atoms with Crippen LogP contribution in [0.2, 0.25) is 0 Å². The van der Waals surface area contributed by atoms with Crippen molar-refractivity contribution < 1.29 is 0 Å². The first kappa shape index (κ1) is 14.2. The number of nitrogens with one attached hydrogen (secondary N) is 2. The topological polar surface area (TPSA) is 75.9 Å². The molecule has 0 bridgehead atoms. The predicted molar refractivity (Wildman–Crippen MR) is 92.0 cm³/mol. The molecule has 0 saturated carbocycles. The van der Waals surface area contributed by atoms with Crippen LogP contribution in [0.3, 0.4) is 0 Å². The van der Waals surface area contributed by atoms with E-state index in [0.717, 1.165) is 22.6 Å². The van der Waals surface area contributed by atoms with Crippen LogP contribution in [0.15, 0.2) is 6.07 Å². The van der Waals surface area contributed by atoms with Gasteiger partial charge in [-0.2, -0.15) is 28.5 Å². The molecular weight excluding hydrogens is 310 g/mol. The fourth-order valence-electron chi connectivity index (χ4n) is 2.11. The summed E-state index contributed by atoms with van der Waals surface area (Å²) in [6.45, 7) is 3.02. The molecule has 0 aromatic carbocycles. The van der Waals surface area contributed by atoms with Crippen LogP contribution in [0.25, 0.3) is 10.2 Å². The van der Waals surface area contributed by atoms with Gasteiger partial charge in [0.1, 0.15) is 10.6 Å². The van der Waals surface area contributed by atoms with Crippen molar-refractivity contribution in [3.63, 3.8) is 0 Å². The van der Waals surface area contributed by atoms with E-state index in [-0.39, 0.29) is 0 Å². The monoisotopic (exact) mass is 327 g/mol. The highest BCUT2D eigenvalue weighted by atomic mass is 32.2. The normalized spacial score (nSPS) is 19.2. The molecule has 1 unspecified atom stereocenters. The van der Waals surface area contributed by atoms with Crippen LogP contribution in [0.5, 0.6) is 0 Å². The minimum absolute atomic E-state index is 0.465. The first-order valence-corrected chi connectivity index (χ1v) is 9.46. The number of nitrogen functional groups attached to an aromatic ring is 1. The lowest BCUT2D eigenvalue weighted by molar-refractivity contribution is 0.992. The zero-order valence-corrected chi connectivity index (χ0v) is 13.6. The van der Waals surface area contributed by atoms with Gasteiger partial charge in [0.15, 0.2) is 0 Å². The lowest BCUT2D eigenvalue weighted by Gasteiger charge is -2.21. The van der Waals surface area contributed by atoms with Gasteiger partial charge in [-0.1, -0.05) is 0 Å². The number of anilines is 2. The van der Waals surface area contributed by atoms with Gasteiger partial charge in [0.05, 0.1) is 5.39 Å². The van der Waals surface area contributed by atoms with Gasteiger partial charge >= 0.3 is 0 Å². The third-order valence-electron chi connectivity index (χ3n) is 3.03. The number of hydrazine groups is 1. The van der Waals surface area contributed by atoms with E-state index in [1.54, 1.807) is 11.3 Å². The molecule has 0 radical (unpaired) electrons. The van der Waals surface area contributed by atoms with E-state index >= 15 is 0 Å². The number of fused-ring (bicyclic) bond motifs is 1. The highest BCUT2D eigenvalue weighted by molar-refractivity contribution is 8.06. The van der Waals surface area contributed by atoms with Crippen LogP contribution in [0, 0.1) is 6.92 Å². The van der Waals surface area contributed by atoms with E-state index in [4.69, 9.17) is 5.84 Å². The number of hydrogen-bond acceptors (Lipinski definition) is 8. The molecule has 0 amide bonds. The van der Waals surface area contributed by atoms with Crippen LogP contribution in [0.4, 0.5) is 11.8 Å². The van der Waals surface area contributed by atoms with E-state index in [9.17, 15) is 0 Å². The average Bonchev–Trinajstić information content (AvgIpc) is 2.86. The minimum atomic E-state index is 0.465. The number of rotatable bonds is 4. The smallest absolute Gasteiger partial charge is 0.240 e. The fourth-order valence-corrected chi connectivity index (χ4v) is 5.60. The Balaban J connectivity index is 1.81. The summed E-state index contributed by atoms with van der Waals surface area (Å²) in [5, 5.41) is 5.20. The largest absolute Gasteiger partial charge is 0.368 e. The van der Waals surface area contributed by atoms with E-state index in [1.807, 2.05) is 23.5 Å². The van der Waals surface area contributed by atoms with Gasteiger partial charge in [0, 0.05) is 33.9 Å². The molecule has 3 rings (SSSR count). The van der Waals surface area contributed by atoms with Crippen LogP contribution in [-0.2, 0) is 0 Å². The molecule has 1 saturated heterocycles. The molecule has 2 aromatic rings. The molecule has 1 fully saturated rings. The molecule has 4 N–H and O–H groups in total. The Morgan fingerprint density at radius 2 is 2.30 bits per heavy atom. The maximum Gasteiger partial charge on any atom is 0.240 e. The number of hydrogen-bond donors (Lipinski definition) is 3. The van der Waals surface area contributed by atoms with Crippen LogP contribution < -0.4 is 16.6 Å². The summed E-state index contributed by atoms with van der Waals surface area (Å²) in [5.74, 6) is 10.5. The zero-order chi connectivity index (χ0) is 13.9. The molecule has 3 heterocycles. The molecule has 1 aliphatic rings. The highest BCUT2D eigenvalue weighted by Crippen LogP contribution is 2.30. The number of nitrogens with zero attached hydrogens (tertiary/aromatic N) is 2. The van der Waals surface area contributed by atoms with Crippen molar-refractivity contribution in [1.29, 1.82) is 0 Å². The van der Waals surface area contributed by atoms with Crippen molar-refractivity contribution in [3.05, 3.63) is 10.9 Å². The van der Waals surface area contributed by atoms with Gasteiger partial charge in [0.2, 0.25) is 5.95 Å². The summed E-state index contributed by atoms with van der Waals surface area (Å²) in [7, 11) is 0. The molecule has 0 spiro atoms. The second-order valence-corrected chi connectivity index (χ2v) is 8.36. The van der Waals surface area contributed by atoms with Gasteiger partial charge in [-0.3, -0.25) is 5.43 Å². The van der Waals surface area contributed by atoms with Gasteiger partial charge in [-0.25, -0.2) is 10.8 Å².